The summed E-state index contributed by atoms with van der Waals surface area (Å²) in [7, 11) is 0. The molecule has 3 aromatic rings. The molecular formula is C17H13Br2F2N3O2. The van der Waals surface area contributed by atoms with E-state index in [1.54, 1.807) is 12.1 Å². The second-order valence-corrected chi connectivity index (χ2v) is 7.32. The van der Waals surface area contributed by atoms with Crippen molar-refractivity contribution in [2.75, 3.05) is 13.2 Å². The van der Waals surface area contributed by atoms with Gasteiger partial charge in [-0.25, -0.2) is 8.78 Å². The lowest BCUT2D eigenvalue weighted by molar-refractivity contribution is 0.156. The van der Waals surface area contributed by atoms with E-state index in [1.807, 2.05) is 0 Å². The number of halogens is 4. The van der Waals surface area contributed by atoms with Crippen molar-refractivity contribution in [1.29, 1.82) is 0 Å². The molecule has 1 aromatic heterocycles. The van der Waals surface area contributed by atoms with E-state index in [1.165, 1.54) is 28.8 Å². The van der Waals surface area contributed by atoms with Crippen molar-refractivity contribution in [1.82, 2.24) is 14.8 Å². The number of aromatic nitrogens is 3. The van der Waals surface area contributed by atoms with Crippen molar-refractivity contribution in [3.05, 3.63) is 57.0 Å². The lowest BCUT2D eigenvalue weighted by atomic mass is 10.1. The predicted molar refractivity (Wildman–Crippen MR) is 99.4 cm³/mol. The van der Waals surface area contributed by atoms with Gasteiger partial charge < -0.3 is 10.2 Å². The van der Waals surface area contributed by atoms with Crippen molar-refractivity contribution >= 4 is 31.9 Å². The third kappa shape index (κ3) is 3.57. The number of hydrogen-bond donors (Lipinski definition) is 2. The molecule has 0 bridgehead atoms. The van der Waals surface area contributed by atoms with E-state index in [0.717, 1.165) is 0 Å². The predicted octanol–water partition coefficient (Wildman–Crippen LogP) is 3.94. The lowest BCUT2D eigenvalue weighted by Crippen LogP contribution is -2.20. The third-order valence-electron chi connectivity index (χ3n) is 3.83. The molecule has 0 aliphatic heterocycles. The van der Waals surface area contributed by atoms with Crippen LogP contribution in [0.2, 0.25) is 0 Å². The molecule has 0 saturated carbocycles. The number of aliphatic hydroxyl groups excluding tert-OH is 2. The standard InChI is InChI=1S/C17H13Br2F2N3O2/c18-9-1-3-12(14(20)5-9)16-22-23-17(24(16)11(7-25)8-26)13-4-2-10(19)6-15(13)21/h1-6,11,25-26H,7-8H2. The highest BCUT2D eigenvalue weighted by Crippen LogP contribution is 2.32. The molecule has 3 rings (SSSR count). The molecule has 9 heteroatoms. The Labute approximate surface area is 164 Å². The fraction of sp³-hybridized carbons (Fsp3) is 0.176. The summed E-state index contributed by atoms with van der Waals surface area (Å²) in [4.78, 5) is 0. The molecule has 0 aliphatic carbocycles. The Morgan fingerprint density at radius 1 is 0.846 bits per heavy atom. The highest BCUT2D eigenvalue weighted by molar-refractivity contribution is 9.10. The molecule has 0 amide bonds. The van der Waals surface area contributed by atoms with E-state index < -0.39 is 30.9 Å². The average molecular weight is 489 g/mol. The average Bonchev–Trinajstić information content (AvgIpc) is 3.00. The molecule has 26 heavy (non-hydrogen) atoms. The Morgan fingerprint density at radius 3 is 1.62 bits per heavy atom. The number of aliphatic hydroxyl groups is 2. The Morgan fingerprint density at radius 2 is 1.27 bits per heavy atom. The monoisotopic (exact) mass is 487 g/mol. The Bertz CT molecular complexity index is 877. The zero-order valence-electron chi connectivity index (χ0n) is 13.2. The van der Waals surface area contributed by atoms with Crippen molar-refractivity contribution in [3.8, 4) is 22.8 Å². The van der Waals surface area contributed by atoms with Crippen LogP contribution in [-0.4, -0.2) is 38.2 Å². The van der Waals surface area contributed by atoms with Crippen LogP contribution < -0.4 is 0 Å². The topological polar surface area (TPSA) is 71.2 Å². The van der Waals surface area contributed by atoms with Crippen LogP contribution in [0.25, 0.3) is 22.8 Å². The first kappa shape index (κ1) is 19.1. The van der Waals surface area contributed by atoms with Crippen LogP contribution in [0.3, 0.4) is 0 Å². The highest BCUT2D eigenvalue weighted by Gasteiger charge is 2.25. The fourth-order valence-electron chi connectivity index (χ4n) is 2.57. The zero-order chi connectivity index (χ0) is 18.8. The molecule has 0 fully saturated rings. The summed E-state index contributed by atoms with van der Waals surface area (Å²) in [5.74, 6) is -0.961. The maximum Gasteiger partial charge on any atom is 0.167 e. The first-order chi connectivity index (χ1) is 12.5. The Hall–Kier alpha value is -1.68. The van der Waals surface area contributed by atoms with Crippen LogP contribution in [0.5, 0.6) is 0 Å². The number of rotatable bonds is 5. The normalized spacial score (nSPS) is 11.3. The SMILES string of the molecule is OCC(CO)n1c(-c2ccc(Br)cc2F)nnc1-c1ccc(Br)cc1F. The minimum Gasteiger partial charge on any atom is -0.394 e. The van der Waals surface area contributed by atoms with Crippen LogP contribution in [0.15, 0.2) is 45.3 Å². The first-order valence-corrected chi connectivity index (χ1v) is 9.12. The van der Waals surface area contributed by atoms with Gasteiger partial charge in [-0.05, 0) is 36.4 Å². The smallest absolute Gasteiger partial charge is 0.167 e. The van der Waals surface area contributed by atoms with Gasteiger partial charge in [-0.15, -0.1) is 10.2 Å². The molecule has 2 aromatic carbocycles. The van der Waals surface area contributed by atoms with Gasteiger partial charge in [0.2, 0.25) is 0 Å². The van der Waals surface area contributed by atoms with Gasteiger partial charge in [0.05, 0.1) is 30.4 Å². The van der Waals surface area contributed by atoms with Gasteiger partial charge in [-0.2, -0.15) is 0 Å². The Balaban J connectivity index is 2.25. The fourth-order valence-corrected chi connectivity index (χ4v) is 3.23. The number of benzene rings is 2. The van der Waals surface area contributed by atoms with Gasteiger partial charge in [0.1, 0.15) is 11.6 Å². The molecule has 2 N–H and O–H groups in total. The number of nitrogens with zero attached hydrogens (tertiary/aromatic N) is 3. The van der Waals surface area contributed by atoms with Gasteiger partial charge in [-0.1, -0.05) is 31.9 Å². The molecule has 0 spiro atoms. The first-order valence-electron chi connectivity index (χ1n) is 7.53. The largest absolute Gasteiger partial charge is 0.394 e. The van der Waals surface area contributed by atoms with Crippen LogP contribution >= 0.6 is 31.9 Å². The molecule has 0 aliphatic rings. The van der Waals surface area contributed by atoms with E-state index in [-0.39, 0.29) is 22.8 Å². The molecule has 0 saturated heterocycles. The van der Waals surface area contributed by atoms with Crippen molar-refractivity contribution in [3.63, 3.8) is 0 Å². The molecular weight excluding hydrogens is 476 g/mol. The minimum absolute atomic E-state index is 0.0837. The van der Waals surface area contributed by atoms with Gasteiger partial charge >= 0.3 is 0 Å². The maximum absolute atomic E-state index is 14.4. The summed E-state index contributed by atoms with van der Waals surface area (Å²) in [6, 6.07) is 7.92. The summed E-state index contributed by atoms with van der Waals surface area (Å²) < 4.78 is 31.3. The van der Waals surface area contributed by atoms with Gasteiger partial charge in [0.25, 0.3) is 0 Å². The van der Waals surface area contributed by atoms with Crippen LogP contribution in [0, 0.1) is 11.6 Å². The minimum atomic E-state index is -0.860. The van der Waals surface area contributed by atoms with Gasteiger partial charge in [0, 0.05) is 8.95 Å². The summed E-state index contributed by atoms with van der Waals surface area (Å²) >= 11 is 6.37. The number of hydrogen-bond acceptors (Lipinski definition) is 4. The van der Waals surface area contributed by atoms with E-state index in [4.69, 9.17) is 0 Å². The second-order valence-electron chi connectivity index (χ2n) is 5.48. The molecule has 0 atom stereocenters. The van der Waals surface area contributed by atoms with E-state index in [9.17, 15) is 19.0 Å². The van der Waals surface area contributed by atoms with Crippen LogP contribution in [0.1, 0.15) is 6.04 Å². The molecule has 0 unspecified atom stereocenters. The molecule has 1 heterocycles. The van der Waals surface area contributed by atoms with E-state index in [0.29, 0.717) is 8.95 Å². The lowest BCUT2D eigenvalue weighted by Gasteiger charge is -2.18. The maximum atomic E-state index is 14.4. The summed E-state index contributed by atoms with van der Waals surface area (Å²) in [5, 5.41) is 27.2. The molecule has 136 valence electrons. The van der Waals surface area contributed by atoms with Gasteiger partial charge in [-0.3, -0.25) is 4.57 Å². The summed E-state index contributed by atoms with van der Waals surface area (Å²) in [6.07, 6.45) is 0. The van der Waals surface area contributed by atoms with Crippen molar-refractivity contribution in [2.45, 2.75) is 6.04 Å². The van der Waals surface area contributed by atoms with E-state index >= 15 is 0 Å². The van der Waals surface area contributed by atoms with Crippen molar-refractivity contribution in [2.24, 2.45) is 0 Å². The quantitative estimate of drug-likeness (QED) is 0.570. The van der Waals surface area contributed by atoms with Crippen LogP contribution in [0.4, 0.5) is 8.78 Å². The second kappa shape index (κ2) is 7.91. The Kier molecular flexibility index (Phi) is 5.81. The van der Waals surface area contributed by atoms with Crippen LogP contribution in [-0.2, 0) is 0 Å². The zero-order valence-corrected chi connectivity index (χ0v) is 16.4. The van der Waals surface area contributed by atoms with Gasteiger partial charge in [0.15, 0.2) is 11.6 Å². The van der Waals surface area contributed by atoms with Crippen molar-refractivity contribution < 1.29 is 19.0 Å². The molecule has 0 radical (unpaired) electrons. The summed E-state index contributed by atoms with van der Waals surface area (Å²) in [5.41, 5.74) is 0.243. The molecule has 5 nitrogen and oxygen atoms in total. The van der Waals surface area contributed by atoms with E-state index in [2.05, 4.69) is 42.1 Å². The summed E-state index contributed by atoms with van der Waals surface area (Å²) in [6.45, 7) is -0.907. The third-order valence-corrected chi connectivity index (χ3v) is 4.81. The highest BCUT2D eigenvalue weighted by atomic mass is 79.9.